The number of benzene rings is 1. The van der Waals surface area contributed by atoms with Gasteiger partial charge in [-0.3, -0.25) is 4.90 Å². The molecule has 13 atom stereocenters. The maximum atomic E-state index is 13.3. The van der Waals surface area contributed by atoms with Crippen molar-refractivity contribution in [2.75, 3.05) is 41.0 Å². The van der Waals surface area contributed by atoms with Crippen molar-refractivity contribution >= 4 is 12.0 Å². The SMILES string of the molecule is CCN1C[C@]2(COC)CC[C@H](OC)[C@]34C1[C@H]([C@H](O)[C@H]23)[C@@]1(O)C[C@H](OC)[C@H]2C[C@@H]4[C@@H]1[C@H]2OC(=O)/C=C/c1ccccc1. The quantitative estimate of drug-likeness (QED) is 0.366. The molecule has 1 saturated heterocycles. The average Bonchev–Trinajstić information content (AvgIpc) is 3.39. The second kappa shape index (κ2) is 9.86. The van der Waals surface area contributed by atoms with E-state index < -0.39 is 23.8 Å². The molecule has 2 N–H and O–H groups in total. The summed E-state index contributed by atoms with van der Waals surface area (Å²) in [6.07, 6.45) is 4.78. The van der Waals surface area contributed by atoms with Crippen molar-refractivity contribution in [3.05, 3.63) is 42.0 Å². The van der Waals surface area contributed by atoms with Crippen molar-refractivity contribution in [2.45, 2.75) is 68.7 Å². The van der Waals surface area contributed by atoms with Gasteiger partial charge in [0, 0.05) is 80.9 Å². The van der Waals surface area contributed by atoms with Crippen LogP contribution in [-0.2, 0) is 23.7 Å². The molecule has 7 rings (SSSR count). The Morgan fingerprint density at radius 1 is 1.15 bits per heavy atom. The molecule has 8 nitrogen and oxygen atoms in total. The number of esters is 1. The van der Waals surface area contributed by atoms with Crippen LogP contribution >= 0.6 is 0 Å². The van der Waals surface area contributed by atoms with Crippen LogP contribution < -0.4 is 0 Å². The lowest BCUT2D eigenvalue weighted by molar-refractivity contribution is -0.277. The first kappa shape index (κ1) is 28.0. The summed E-state index contributed by atoms with van der Waals surface area (Å²) in [5, 5.41) is 25.3. The van der Waals surface area contributed by atoms with Gasteiger partial charge in [-0.25, -0.2) is 4.79 Å². The maximum Gasteiger partial charge on any atom is 0.331 e. The predicted molar refractivity (Wildman–Crippen MR) is 152 cm³/mol. The van der Waals surface area contributed by atoms with Gasteiger partial charge in [0.05, 0.1) is 30.5 Å². The Kier molecular flexibility index (Phi) is 6.73. The summed E-state index contributed by atoms with van der Waals surface area (Å²) in [7, 11) is 5.26. The van der Waals surface area contributed by atoms with Crippen LogP contribution in [0, 0.1) is 40.4 Å². The summed E-state index contributed by atoms with van der Waals surface area (Å²) >= 11 is 0. The van der Waals surface area contributed by atoms with Gasteiger partial charge in [-0.05, 0) is 43.4 Å². The highest BCUT2D eigenvalue weighted by Gasteiger charge is 2.86. The Labute approximate surface area is 243 Å². The molecule has 0 radical (unpaired) electrons. The van der Waals surface area contributed by atoms with Gasteiger partial charge in [-0.15, -0.1) is 0 Å². The van der Waals surface area contributed by atoms with Crippen molar-refractivity contribution < 1.29 is 34.0 Å². The highest BCUT2D eigenvalue weighted by atomic mass is 16.5. The number of methoxy groups -OCH3 is 3. The highest BCUT2D eigenvalue weighted by Crippen LogP contribution is 2.79. The topological polar surface area (TPSA) is 97.7 Å². The zero-order valence-corrected chi connectivity index (χ0v) is 24.6. The van der Waals surface area contributed by atoms with Crippen molar-refractivity contribution in [1.82, 2.24) is 4.90 Å². The zero-order valence-electron chi connectivity index (χ0n) is 24.6. The molecule has 7 bridgehead atoms. The van der Waals surface area contributed by atoms with E-state index in [0.29, 0.717) is 13.0 Å². The molecule has 224 valence electrons. The number of fused-ring (bicyclic) bond motifs is 2. The van der Waals surface area contributed by atoms with Crippen molar-refractivity contribution in [2.24, 2.45) is 40.4 Å². The van der Waals surface area contributed by atoms with E-state index in [4.69, 9.17) is 18.9 Å². The smallest absolute Gasteiger partial charge is 0.331 e. The first-order valence-corrected chi connectivity index (χ1v) is 15.4. The van der Waals surface area contributed by atoms with E-state index >= 15 is 0 Å². The molecular formula is C33H45NO7. The minimum absolute atomic E-state index is 0.0161. The summed E-state index contributed by atoms with van der Waals surface area (Å²) < 4.78 is 24.6. The summed E-state index contributed by atoms with van der Waals surface area (Å²) in [6.45, 7) is 4.44. The number of rotatable bonds is 8. The van der Waals surface area contributed by atoms with E-state index in [9.17, 15) is 15.0 Å². The fourth-order valence-electron chi connectivity index (χ4n) is 11.8. The summed E-state index contributed by atoms with van der Waals surface area (Å²) in [4.78, 5) is 15.8. The van der Waals surface area contributed by atoms with Gasteiger partial charge in [0.2, 0.25) is 0 Å². The van der Waals surface area contributed by atoms with Crippen LogP contribution in [0.4, 0.5) is 0 Å². The third kappa shape index (κ3) is 3.52. The highest BCUT2D eigenvalue weighted by molar-refractivity contribution is 5.87. The summed E-state index contributed by atoms with van der Waals surface area (Å²) in [5.41, 5.74) is -0.895. The maximum absolute atomic E-state index is 13.3. The van der Waals surface area contributed by atoms with E-state index in [0.717, 1.165) is 37.9 Å². The van der Waals surface area contributed by atoms with Crippen molar-refractivity contribution in [3.63, 3.8) is 0 Å². The van der Waals surface area contributed by atoms with E-state index in [1.807, 2.05) is 30.3 Å². The monoisotopic (exact) mass is 567 g/mol. The lowest BCUT2D eigenvalue weighted by atomic mass is 9.43. The van der Waals surface area contributed by atoms with Crippen molar-refractivity contribution in [3.8, 4) is 0 Å². The number of ether oxygens (including phenoxy) is 4. The van der Waals surface area contributed by atoms with Crippen LogP contribution in [0.3, 0.4) is 0 Å². The minimum atomic E-state index is -1.23. The molecule has 0 amide bonds. The Morgan fingerprint density at radius 2 is 1.93 bits per heavy atom. The number of likely N-dealkylation sites (tertiary alicyclic amines) is 1. The molecule has 5 saturated carbocycles. The standard InChI is InChI=1S/C33H45NO7/c1-5-34-17-31(18-38-2)14-13-23(40-4)33-21-15-20-22(39-3)16-32(37,26(30(33)34)27(36)29(31)33)25(21)28(20)41-24(35)12-11-19-9-7-6-8-10-19/h6-12,20-23,25-30,36-37H,5,13-18H2,1-4H3/b12-11+/t20-,21-,22+,23+,25-,26+,27+,28+,29-,30?,31+,32-,33+/m1/s1. The van der Waals surface area contributed by atoms with Gasteiger partial charge >= 0.3 is 5.97 Å². The fourth-order valence-corrected chi connectivity index (χ4v) is 11.8. The number of piperidine rings is 1. The average molecular weight is 568 g/mol. The summed E-state index contributed by atoms with van der Waals surface area (Å²) in [6, 6.07) is 9.68. The van der Waals surface area contributed by atoms with Crippen LogP contribution in [0.15, 0.2) is 36.4 Å². The van der Waals surface area contributed by atoms with Gasteiger partial charge < -0.3 is 29.2 Å². The third-order valence-corrected chi connectivity index (χ3v) is 12.6. The van der Waals surface area contributed by atoms with E-state index in [1.54, 1.807) is 27.4 Å². The molecule has 6 fully saturated rings. The Bertz CT molecular complexity index is 1190. The van der Waals surface area contributed by atoms with E-state index in [1.165, 1.54) is 6.08 Å². The first-order chi connectivity index (χ1) is 19.8. The van der Waals surface area contributed by atoms with Crippen LogP contribution in [0.25, 0.3) is 6.08 Å². The zero-order chi connectivity index (χ0) is 28.7. The fraction of sp³-hybridized carbons (Fsp3) is 0.727. The molecule has 1 spiro atoms. The Hall–Kier alpha value is -1.81. The van der Waals surface area contributed by atoms with Gasteiger partial charge in [0.15, 0.2) is 0 Å². The van der Waals surface area contributed by atoms with E-state index in [-0.39, 0.29) is 58.7 Å². The Balaban J connectivity index is 1.34. The van der Waals surface area contributed by atoms with Gasteiger partial charge in [0.25, 0.3) is 0 Å². The van der Waals surface area contributed by atoms with Crippen LogP contribution in [0.1, 0.15) is 38.2 Å². The number of nitrogens with zero attached hydrogens (tertiary/aromatic N) is 1. The van der Waals surface area contributed by atoms with E-state index in [2.05, 4.69) is 11.8 Å². The molecule has 6 aliphatic rings. The molecule has 1 unspecified atom stereocenters. The number of hydrogen-bond acceptors (Lipinski definition) is 8. The van der Waals surface area contributed by atoms with Gasteiger partial charge in [-0.2, -0.15) is 0 Å². The number of carbonyl (C=O) groups excluding carboxylic acids is 1. The Morgan fingerprint density at radius 3 is 2.61 bits per heavy atom. The predicted octanol–water partition coefficient (Wildman–Crippen LogP) is 2.77. The summed E-state index contributed by atoms with van der Waals surface area (Å²) in [5.74, 6) is -1.14. The molecule has 41 heavy (non-hydrogen) atoms. The van der Waals surface area contributed by atoms with Crippen LogP contribution in [0.2, 0.25) is 0 Å². The van der Waals surface area contributed by atoms with Gasteiger partial charge in [-0.1, -0.05) is 37.3 Å². The van der Waals surface area contributed by atoms with Crippen LogP contribution in [-0.4, -0.2) is 98.2 Å². The molecule has 1 aromatic rings. The second-order valence-electron chi connectivity index (χ2n) is 13.7. The molecule has 0 aromatic heterocycles. The molecule has 5 aliphatic carbocycles. The molecule has 1 heterocycles. The number of aliphatic hydroxyl groups is 2. The normalized spacial score (nSPS) is 49.4. The lowest BCUT2D eigenvalue weighted by Crippen LogP contribution is -2.76. The molecule has 8 heteroatoms. The van der Waals surface area contributed by atoms with Crippen molar-refractivity contribution in [1.29, 1.82) is 0 Å². The molecule has 1 aromatic carbocycles. The largest absolute Gasteiger partial charge is 0.458 e. The number of hydrogen-bond donors (Lipinski definition) is 2. The lowest BCUT2D eigenvalue weighted by Gasteiger charge is -2.69. The minimum Gasteiger partial charge on any atom is -0.458 e. The number of carbonyl (C=O) groups is 1. The molecule has 1 aliphatic heterocycles. The second-order valence-corrected chi connectivity index (χ2v) is 13.7. The van der Waals surface area contributed by atoms with Gasteiger partial charge in [0.1, 0.15) is 6.10 Å². The molecular weight excluding hydrogens is 522 g/mol. The number of aliphatic hydroxyl groups excluding tert-OH is 1. The first-order valence-electron chi connectivity index (χ1n) is 15.4. The van der Waals surface area contributed by atoms with Crippen LogP contribution in [0.5, 0.6) is 0 Å². The third-order valence-electron chi connectivity index (χ3n) is 12.6.